The Morgan fingerprint density at radius 1 is 1.00 bits per heavy atom. The van der Waals surface area contributed by atoms with Gasteiger partial charge in [-0.3, -0.25) is 9.59 Å². The summed E-state index contributed by atoms with van der Waals surface area (Å²) in [7, 11) is 1.45. The van der Waals surface area contributed by atoms with Gasteiger partial charge in [0.2, 0.25) is 0 Å². The zero-order valence-corrected chi connectivity index (χ0v) is 21.2. The van der Waals surface area contributed by atoms with Crippen molar-refractivity contribution in [2.45, 2.75) is 12.5 Å². The van der Waals surface area contributed by atoms with Crippen LogP contribution in [0.2, 0.25) is 10.0 Å². The first kappa shape index (κ1) is 26.1. The van der Waals surface area contributed by atoms with Crippen molar-refractivity contribution in [1.82, 2.24) is 10.3 Å². The maximum absolute atomic E-state index is 13.1. The molecule has 0 bridgehead atoms. The first-order chi connectivity index (χ1) is 17.9. The Morgan fingerprint density at radius 2 is 1.76 bits per heavy atom. The van der Waals surface area contributed by atoms with Crippen LogP contribution in [-0.2, 0) is 20.7 Å². The maximum Gasteiger partial charge on any atom is 0.329 e. The summed E-state index contributed by atoms with van der Waals surface area (Å²) < 4.78 is 10.5. The molecule has 0 saturated carbocycles. The van der Waals surface area contributed by atoms with Crippen LogP contribution in [-0.4, -0.2) is 42.5 Å². The van der Waals surface area contributed by atoms with E-state index in [-0.39, 0.29) is 17.0 Å². The third-order valence-electron chi connectivity index (χ3n) is 5.59. The van der Waals surface area contributed by atoms with Crippen LogP contribution in [0.15, 0.2) is 72.9 Å². The second kappa shape index (κ2) is 11.8. The fraction of sp³-hybridized carbons (Fsp3) is 0.148. The number of halogens is 2. The number of ether oxygens (including phenoxy) is 2. The quantitative estimate of drug-likeness (QED) is 0.259. The summed E-state index contributed by atoms with van der Waals surface area (Å²) in [6.45, 7) is -0.582. The molecule has 3 aromatic carbocycles. The number of nitrogens with one attached hydrogen (secondary N) is 3. The highest BCUT2D eigenvalue weighted by Crippen LogP contribution is 2.27. The number of anilines is 1. The first-order valence-corrected chi connectivity index (χ1v) is 12.0. The second-order valence-corrected chi connectivity index (χ2v) is 8.91. The van der Waals surface area contributed by atoms with Crippen LogP contribution in [0.4, 0.5) is 5.69 Å². The van der Waals surface area contributed by atoms with E-state index < -0.39 is 30.4 Å². The number of methoxy groups -OCH3 is 1. The molecular formula is C27H23Cl2N3O5. The van der Waals surface area contributed by atoms with Crippen molar-refractivity contribution in [1.29, 1.82) is 0 Å². The van der Waals surface area contributed by atoms with Crippen molar-refractivity contribution < 1.29 is 23.9 Å². The number of amides is 2. The Labute approximate surface area is 222 Å². The molecule has 0 spiro atoms. The molecule has 8 nitrogen and oxygen atoms in total. The van der Waals surface area contributed by atoms with E-state index in [2.05, 4.69) is 15.6 Å². The Balaban J connectivity index is 1.49. The molecule has 37 heavy (non-hydrogen) atoms. The van der Waals surface area contributed by atoms with Crippen LogP contribution < -0.4 is 15.4 Å². The van der Waals surface area contributed by atoms with Crippen LogP contribution in [0, 0.1) is 0 Å². The van der Waals surface area contributed by atoms with Gasteiger partial charge in [0.15, 0.2) is 6.61 Å². The Bertz CT molecular complexity index is 1450. The Kier molecular flexibility index (Phi) is 8.32. The Morgan fingerprint density at radius 3 is 2.54 bits per heavy atom. The number of para-hydroxylation sites is 1. The molecule has 0 fully saturated rings. The summed E-state index contributed by atoms with van der Waals surface area (Å²) in [6.07, 6.45) is 1.90. The second-order valence-electron chi connectivity index (χ2n) is 8.07. The number of hydrogen-bond acceptors (Lipinski definition) is 5. The molecule has 0 aliphatic heterocycles. The molecule has 1 atom stereocenters. The number of rotatable bonds is 9. The SMILES string of the molecule is COc1ccc(Cl)cc1NC(=O)COC(=O)C(Cc1c[nH]c2ccccc12)NC(=O)c1ccccc1Cl. The van der Waals surface area contributed by atoms with Crippen LogP contribution in [0.3, 0.4) is 0 Å². The van der Waals surface area contributed by atoms with Crippen LogP contribution >= 0.6 is 23.2 Å². The van der Waals surface area contributed by atoms with Gasteiger partial charge in [0.1, 0.15) is 11.8 Å². The van der Waals surface area contributed by atoms with Gasteiger partial charge in [-0.25, -0.2) is 4.79 Å². The number of aromatic nitrogens is 1. The molecule has 1 unspecified atom stereocenters. The van der Waals surface area contributed by atoms with E-state index >= 15 is 0 Å². The van der Waals surface area contributed by atoms with Gasteiger partial charge in [0, 0.05) is 28.5 Å². The third-order valence-corrected chi connectivity index (χ3v) is 6.15. The van der Waals surface area contributed by atoms with E-state index in [1.165, 1.54) is 13.2 Å². The zero-order valence-electron chi connectivity index (χ0n) is 19.7. The van der Waals surface area contributed by atoms with Crippen molar-refractivity contribution in [2.24, 2.45) is 0 Å². The molecule has 190 valence electrons. The van der Waals surface area contributed by atoms with Gasteiger partial charge in [-0.15, -0.1) is 0 Å². The molecule has 3 N–H and O–H groups in total. The van der Waals surface area contributed by atoms with Gasteiger partial charge in [0.25, 0.3) is 11.8 Å². The molecule has 0 aliphatic rings. The minimum absolute atomic E-state index is 0.128. The number of esters is 1. The summed E-state index contributed by atoms with van der Waals surface area (Å²) in [5.41, 5.74) is 2.23. The third kappa shape index (κ3) is 6.41. The number of benzene rings is 3. The highest BCUT2D eigenvalue weighted by molar-refractivity contribution is 6.33. The number of carbonyl (C=O) groups excluding carboxylic acids is 3. The molecule has 1 heterocycles. The number of carbonyl (C=O) groups is 3. The summed E-state index contributed by atoms with van der Waals surface area (Å²) in [5.74, 6) is -1.52. The lowest BCUT2D eigenvalue weighted by Crippen LogP contribution is -2.44. The molecular weight excluding hydrogens is 517 g/mol. The minimum atomic E-state index is -1.09. The van der Waals surface area contributed by atoms with Crippen molar-refractivity contribution in [3.8, 4) is 5.75 Å². The lowest BCUT2D eigenvalue weighted by atomic mass is 10.0. The maximum atomic E-state index is 13.1. The fourth-order valence-electron chi connectivity index (χ4n) is 3.80. The van der Waals surface area contributed by atoms with Gasteiger partial charge in [-0.05, 0) is 42.0 Å². The molecule has 0 radical (unpaired) electrons. The summed E-state index contributed by atoms with van der Waals surface area (Å²) in [6, 6.07) is 17.7. The van der Waals surface area contributed by atoms with E-state index in [1.807, 2.05) is 24.3 Å². The molecule has 0 saturated heterocycles. The molecule has 0 aliphatic carbocycles. The van der Waals surface area contributed by atoms with Gasteiger partial charge in [-0.1, -0.05) is 53.5 Å². The lowest BCUT2D eigenvalue weighted by molar-refractivity contribution is -0.149. The molecule has 2 amide bonds. The van der Waals surface area contributed by atoms with Gasteiger partial charge >= 0.3 is 5.97 Å². The fourth-order valence-corrected chi connectivity index (χ4v) is 4.19. The molecule has 4 aromatic rings. The predicted octanol–water partition coefficient (Wildman–Crippen LogP) is 5.01. The van der Waals surface area contributed by atoms with Gasteiger partial charge in [-0.2, -0.15) is 0 Å². The van der Waals surface area contributed by atoms with E-state index in [0.29, 0.717) is 16.5 Å². The number of H-pyrrole nitrogens is 1. The van der Waals surface area contributed by atoms with Gasteiger partial charge in [0.05, 0.1) is 23.4 Å². The standard InChI is InChI=1S/C27H23Cl2N3O5/c1-36-24-11-10-17(28)13-22(24)31-25(33)15-37-27(35)23(32-26(34)19-7-2-4-8-20(19)29)12-16-14-30-21-9-5-3-6-18(16)21/h2-11,13-14,23,30H,12,15H2,1H3,(H,31,33)(H,32,34). The van der Waals surface area contributed by atoms with Crippen LogP contribution in [0.5, 0.6) is 5.75 Å². The van der Waals surface area contributed by atoms with Crippen LogP contribution in [0.25, 0.3) is 10.9 Å². The van der Waals surface area contributed by atoms with E-state index in [1.54, 1.807) is 42.6 Å². The smallest absolute Gasteiger partial charge is 0.329 e. The number of fused-ring (bicyclic) bond motifs is 1. The first-order valence-electron chi connectivity index (χ1n) is 11.3. The number of hydrogen-bond donors (Lipinski definition) is 3. The topological polar surface area (TPSA) is 110 Å². The largest absolute Gasteiger partial charge is 0.495 e. The molecule has 10 heteroatoms. The Hall–Kier alpha value is -4.01. The van der Waals surface area contributed by atoms with Crippen molar-refractivity contribution in [3.05, 3.63) is 94.1 Å². The lowest BCUT2D eigenvalue weighted by Gasteiger charge is -2.18. The van der Waals surface area contributed by atoms with Gasteiger partial charge < -0.3 is 25.1 Å². The normalized spacial score (nSPS) is 11.5. The highest BCUT2D eigenvalue weighted by atomic mass is 35.5. The van der Waals surface area contributed by atoms with Crippen LogP contribution in [0.1, 0.15) is 15.9 Å². The van der Waals surface area contributed by atoms with E-state index in [9.17, 15) is 14.4 Å². The van der Waals surface area contributed by atoms with Crippen molar-refractivity contribution in [2.75, 3.05) is 19.0 Å². The molecule has 1 aromatic heterocycles. The average Bonchev–Trinajstić information content (AvgIpc) is 3.30. The average molecular weight is 540 g/mol. The monoisotopic (exact) mass is 539 g/mol. The zero-order chi connectivity index (χ0) is 26.4. The van der Waals surface area contributed by atoms with E-state index in [0.717, 1.165) is 16.5 Å². The van der Waals surface area contributed by atoms with E-state index in [4.69, 9.17) is 32.7 Å². The highest BCUT2D eigenvalue weighted by Gasteiger charge is 2.26. The number of aromatic amines is 1. The summed E-state index contributed by atoms with van der Waals surface area (Å²) in [5, 5.41) is 6.84. The molecule has 4 rings (SSSR count). The predicted molar refractivity (Wildman–Crippen MR) is 142 cm³/mol. The summed E-state index contributed by atoms with van der Waals surface area (Å²) in [4.78, 5) is 41.7. The minimum Gasteiger partial charge on any atom is -0.495 e. The van der Waals surface area contributed by atoms with Crippen molar-refractivity contribution in [3.63, 3.8) is 0 Å². The summed E-state index contributed by atoms with van der Waals surface area (Å²) >= 11 is 12.2. The van der Waals surface area contributed by atoms with Crippen molar-refractivity contribution >= 4 is 57.6 Å².